The van der Waals surface area contributed by atoms with E-state index in [4.69, 9.17) is 4.74 Å². The lowest BCUT2D eigenvalue weighted by Crippen LogP contribution is -2.46. The van der Waals surface area contributed by atoms with E-state index in [1.54, 1.807) is 12.1 Å². The van der Waals surface area contributed by atoms with Gasteiger partial charge in [-0.05, 0) is 37.7 Å². The molecule has 1 atom stereocenters. The van der Waals surface area contributed by atoms with E-state index in [1.807, 2.05) is 26.1 Å². The molecule has 2 rings (SSSR count). The summed E-state index contributed by atoms with van der Waals surface area (Å²) in [5.41, 5.74) is 1.05. The number of hydrogen-bond acceptors (Lipinski definition) is 5. The molecule has 1 aromatic rings. The van der Waals surface area contributed by atoms with Gasteiger partial charge in [0, 0.05) is 25.3 Å². The van der Waals surface area contributed by atoms with Gasteiger partial charge in [-0.1, -0.05) is 6.92 Å². The zero-order valence-electron chi connectivity index (χ0n) is 12.7. The third kappa shape index (κ3) is 4.18. The summed E-state index contributed by atoms with van der Waals surface area (Å²) in [6, 6.07) is 7.21. The minimum Gasteiger partial charge on any atom is -0.373 e. The van der Waals surface area contributed by atoms with Crippen molar-refractivity contribution in [2.45, 2.75) is 24.3 Å². The van der Waals surface area contributed by atoms with Crippen LogP contribution in [0.1, 0.15) is 13.3 Å². The molecule has 1 aliphatic heterocycles. The standard InChI is InChI=1S/C15H24N2O3S/c1-3-10-21(18,19)15-6-4-13(5-7-15)17-8-9-20-14(12-17)11-16-2/h4-7,14,16H,3,8-12H2,1-2H3. The third-order valence-electron chi connectivity index (χ3n) is 3.60. The molecule has 1 aliphatic rings. The number of nitrogens with one attached hydrogen (secondary N) is 1. The first-order valence-electron chi connectivity index (χ1n) is 7.41. The Morgan fingerprint density at radius 3 is 2.67 bits per heavy atom. The quantitative estimate of drug-likeness (QED) is 0.858. The fourth-order valence-electron chi connectivity index (χ4n) is 2.56. The molecule has 1 fully saturated rings. The van der Waals surface area contributed by atoms with E-state index in [-0.39, 0.29) is 11.9 Å². The SMILES string of the molecule is CCCS(=O)(=O)c1ccc(N2CCOC(CNC)C2)cc1. The van der Waals surface area contributed by atoms with Crippen LogP contribution in [0.5, 0.6) is 0 Å². The summed E-state index contributed by atoms with van der Waals surface area (Å²) in [5.74, 6) is 0.203. The maximum atomic E-state index is 12.0. The topological polar surface area (TPSA) is 58.6 Å². The number of nitrogens with zero attached hydrogens (tertiary/aromatic N) is 1. The Bertz CT molecular complexity index is 541. The molecule has 0 bridgehead atoms. The molecule has 0 amide bonds. The largest absolute Gasteiger partial charge is 0.373 e. The fraction of sp³-hybridized carbons (Fsp3) is 0.600. The van der Waals surface area contributed by atoms with E-state index in [9.17, 15) is 8.42 Å². The van der Waals surface area contributed by atoms with Crippen LogP contribution in [0.2, 0.25) is 0 Å². The van der Waals surface area contributed by atoms with Gasteiger partial charge in [-0.3, -0.25) is 0 Å². The van der Waals surface area contributed by atoms with Crippen molar-refractivity contribution in [2.24, 2.45) is 0 Å². The van der Waals surface area contributed by atoms with Crippen molar-refractivity contribution < 1.29 is 13.2 Å². The third-order valence-corrected chi connectivity index (χ3v) is 5.54. The van der Waals surface area contributed by atoms with E-state index in [2.05, 4.69) is 10.2 Å². The van der Waals surface area contributed by atoms with E-state index in [0.717, 1.165) is 25.3 Å². The highest BCUT2D eigenvalue weighted by Gasteiger charge is 2.20. The summed E-state index contributed by atoms with van der Waals surface area (Å²) in [4.78, 5) is 2.65. The number of anilines is 1. The van der Waals surface area contributed by atoms with Crippen LogP contribution in [0.25, 0.3) is 0 Å². The minimum atomic E-state index is -3.13. The van der Waals surface area contributed by atoms with Gasteiger partial charge >= 0.3 is 0 Å². The first-order chi connectivity index (χ1) is 10.1. The van der Waals surface area contributed by atoms with Crippen LogP contribution in [0.15, 0.2) is 29.2 Å². The van der Waals surface area contributed by atoms with Crippen LogP contribution >= 0.6 is 0 Å². The van der Waals surface area contributed by atoms with Gasteiger partial charge in [0.05, 0.1) is 23.4 Å². The highest BCUT2D eigenvalue weighted by Crippen LogP contribution is 2.21. The van der Waals surface area contributed by atoms with Gasteiger partial charge in [0.25, 0.3) is 0 Å². The summed E-state index contributed by atoms with van der Waals surface area (Å²) in [7, 11) is -1.22. The van der Waals surface area contributed by atoms with Gasteiger partial charge in [-0.2, -0.15) is 0 Å². The molecule has 1 saturated heterocycles. The highest BCUT2D eigenvalue weighted by molar-refractivity contribution is 7.91. The number of morpholine rings is 1. The first kappa shape index (κ1) is 16.3. The smallest absolute Gasteiger partial charge is 0.178 e. The molecule has 1 heterocycles. The summed E-state index contributed by atoms with van der Waals surface area (Å²) >= 11 is 0. The minimum absolute atomic E-state index is 0.173. The number of sulfone groups is 1. The van der Waals surface area contributed by atoms with Crippen molar-refractivity contribution in [1.29, 1.82) is 0 Å². The number of ether oxygens (including phenoxy) is 1. The first-order valence-corrected chi connectivity index (χ1v) is 9.06. The summed E-state index contributed by atoms with van der Waals surface area (Å²) in [6.07, 6.45) is 0.812. The Labute approximate surface area is 127 Å². The van der Waals surface area contributed by atoms with Crippen LogP contribution in [-0.4, -0.2) is 53.6 Å². The van der Waals surface area contributed by atoms with Crippen molar-refractivity contribution in [2.75, 3.05) is 43.9 Å². The Morgan fingerprint density at radius 1 is 1.33 bits per heavy atom. The molecule has 0 radical (unpaired) electrons. The Balaban J connectivity index is 2.08. The molecule has 0 saturated carbocycles. The molecule has 1 aromatic carbocycles. The molecule has 0 aliphatic carbocycles. The van der Waals surface area contributed by atoms with Crippen LogP contribution in [-0.2, 0) is 14.6 Å². The highest BCUT2D eigenvalue weighted by atomic mass is 32.2. The predicted molar refractivity (Wildman–Crippen MR) is 84.7 cm³/mol. The zero-order valence-corrected chi connectivity index (χ0v) is 13.5. The second-order valence-corrected chi connectivity index (χ2v) is 7.42. The van der Waals surface area contributed by atoms with E-state index in [0.29, 0.717) is 17.9 Å². The molecule has 118 valence electrons. The van der Waals surface area contributed by atoms with Crippen molar-refractivity contribution in [1.82, 2.24) is 5.32 Å². The molecule has 0 spiro atoms. The van der Waals surface area contributed by atoms with Gasteiger partial charge in [0.15, 0.2) is 9.84 Å². The molecule has 6 heteroatoms. The lowest BCUT2D eigenvalue weighted by atomic mass is 10.2. The number of hydrogen-bond donors (Lipinski definition) is 1. The summed E-state index contributed by atoms with van der Waals surface area (Å²) in [5, 5.41) is 3.12. The van der Waals surface area contributed by atoms with Crippen LogP contribution in [0.3, 0.4) is 0 Å². The number of likely N-dealkylation sites (N-methyl/N-ethyl adjacent to an activating group) is 1. The Kier molecular flexibility index (Phi) is 5.61. The van der Waals surface area contributed by atoms with Gasteiger partial charge in [-0.15, -0.1) is 0 Å². The summed E-state index contributed by atoms with van der Waals surface area (Å²) in [6.45, 7) is 5.05. The molecule has 1 N–H and O–H groups in total. The van der Waals surface area contributed by atoms with Crippen LogP contribution in [0.4, 0.5) is 5.69 Å². The maximum absolute atomic E-state index is 12.0. The molecule has 21 heavy (non-hydrogen) atoms. The van der Waals surface area contributed by atoms with Crippen molar-refractivity contribution in [3.05, 3.63) is 24.3 Å². The second-order valence-electron chi connectivity index (χ2n) is 5.31. The Hall–Kier alpha value is -1.11. The van der Waals surface area contributed by atoms with Crippen molar-refractivity contribution in [3.63, 3.8) is 0 Å². The molecular formula is C15H24N2O3S. The molecule has 1 unspecified atom stereocenters. The average molecular weight is 312 g/mol. The van der Waals surface area contributed by atoms with Gasteiger partial charge in [0.1, 0.15) is 0 Å². The zero-order chi connectivity index (χ0) is 15.3. The number of rotatable bonds is 6. The Morgan fingerprint density at radius 2 is 2.05 bits per heavy atom. The predicted octanol–water partition coefficient (Wildman–Crippen LogP) is 1.29. The molecular weight excluding hydrogens is 288 g/mol. The number of benzene rings is 1. The van der Waals surface area contributed by atoms with E-state index < -0.39 is 9.84 Å². The maximum Gasteiger partial charge on any atom is 0.178 e. The normalized spacial score (nSPS) is 19.7. The van der Waals surface area contributed by atoms with Gasteiger partial charge in [0.2, 0.25) is 0 Å². The van der Waals surface area contributed by atoms with Crippen LogP contribution < -0.4 is 10.2 Å². The van der Waals surface area contributed by atoms with Crippen molar-refractivity contribution in [3.8, 4) is 0 Å². The van der Waals surface area contributed by atoms with E-state index >= 15 is 0 Å². The fourth-order valence-corrected chi connectivity index (χ4v) is 3.88. The molecule has 0 aromatic heterocycles. The lowest BCUT2D eigenvalue weighted by Gasteiger charge is -2.34. The van der Waals surface area contributed by atoms with Crippen molar-refractivity contribution >= 4 is 15.5 Å². The summed E-state index contributed by atoms with van der Waals surface area (Å²) < 4.78 is 29.7. The lowest BCUT2D eigenvalue weighted by molar-refractivity contribution is 0.0422. The monoisotopic (exact) mass is 312 g/mol. The van der Waals surface area contributed by atoms with Gasteiger partial charge in [-0.25, -0.2) is 8.42 Å². The second kappa shape index (κ2) is 7.24. The van der Waals surface area contributed by atoms with Gasteiger partial charge < -0.3 is 15.0 Å². The van der Waals surface area contributed by atoms with Crippen LogP contribution in [0, 0.1) is 0 Å². The molecule has 5 nitrogen and oxygen atoms in total. The van der Waals surface area contributed by atoms with E-state index in [1.165, 1.54) is 0 Å². The average Bonchev–Trinajstić information content (AvgIpc) is 2.48.